The number of nitrogens with zero attached hydrogens (tertiary/aromatic N) is 1. The van der Waals surface area contributed by atoms with Crippen molar-refractivity contribution in [2.45, 2.75) is 39.0 Å². The molecule has 0 spiro atoms. The molecule has 0 aliphatic carbocycles. The zero-order valence-corrected chi connectivity index (χ0v) is 11.5. The quantitative estimate of drug-likeness (QED) is 0.682. The van der Waals surface area contributed by atoms with Gasteiger partial charge in [-0.15, -0.1) is 0 Å². The molecule has 1 aliphatic rings. The van der Waals surface area contributed by atoms with Gasteiger partial charge in [-0.05, 0) is 30.9 Å². The van der Waals surface area contributed by atoms with Gasteiger partial charge in [0.25, 0.3) is 0 Å². The first-order valence-electron chi connectivity index (χ1n) is 7.32. The van der Waals surface area contributed by atoms with Crippen LogP contribution in [0.3, 0.4) is 0 Å². The van der Waals surface area contributed by atoms with Crippen LogP contribution in [0, 0.1) is 0 Å². The number of hydrogen-bond acceptors (Lipinski definition) is 2. The number of hydrogen-bond donors (Lipinski definition) is 0. The topological polar surface area (TPSA) is 12.5 Å². The summed E-state index contributed by atoms with van der Waals surface area (Å²) in [5.41, 5.74) is 2.91. The Morgan fingerprint density at radius 1 is 1.17 bits per heavy atom. The van der Waals surface area contributed by atoms with Crippen molar-refractivity contribution in [3.8, 4) is 0 Å². The molecule has 0 N–H and O–H groups in total. The van der Waals surface area contributed by atoms with E-state index in [1.807, 2.05) is 0 Å². The Morgan fingerprint density at radius 3 is 2.94 bits per heavy atom. The first kappa shape index (κ1) is 13.4. The lowest BCUT2D eigenvalue weighted by Crippen LogP contribution is -2.32. The molecule has 1 aromatic rings. The number of anilines is 1. The molecule has 100 valence electrons. The van der Waals surface area contributed by atoms with Crippen LogP contribution in [-0.4, -0.2) is 26.3 Å². The van der Waals surface area contributed by atoms with E-state index in [2.05, 4.69) is 36.1 Å². The van der Waals surface area contributed by atoms with Crippen molar-refractivity contribution >= 4 is 5.69 Å². The minimum absolute atomic E-state index is 0.859. The lowest BCUT2D eigenvalue weighted by molar-refractivity contribution is 0.136. The molecule has 1 aromatic carbocycles. The van der Waals surface area contributed by atoms with E-state index < -0.39 is 0 Å². The second kappa shape index (κ2) is 7.42. The summed E-state index contributed by atoms with van der Waals surface area (Å²) in [4.78, 5) is 2.47. The van der Waals surface area contributed by atoms with Crippen molar-refractivity contribution in [1.82, 2.24) is 0 Å². The summed E-state index contributed by atoms with van der Waals surface area (Å²) < 4.78 is 5.71. The largest absolute Gasteiger partial charge is 0.380 e. The molecule has 0 amide bonds. The average molecular weight is 247 g/mol. The van der Waals surface area contributed by atoms with Gasteiger partial charge in [0.15, 0.2) is 0 Å². The molecule has 0 saturated carbocycles. The summed E-state index contributed by atoms with van der Waals surface area (Å²) in [6.07, 6.45) is 6.25. The number of rotatable bonds is 7. The highest BCUT2D eigenvalue weighted by Gasteiger charge is 2.15. The number of fused-ring (bicyclic) bond motifs is 1. The predicted octanol–water partition coefficient (Wildman–Crippen LogP) is 3.65. The molecule has 0 saturated heterocycles. The minimum atomic E-state index is 0.859. The first-order valence-corrected chi connectivity index (χ1v) is 7.32. The molecule has 0 aromatic heterocycles. The number of ether oxygens (including phenoxy) is 1. The lowest BCUT2D eigenvalue weighted by atomic mass is 10.0. The first-order chi connectivity index (χ1) is 8.92. The maximum Gasteiger partial charge on any atom is 0.0641 e. The van der Waals surface area contributed by atoms with Gasteiger partial charge >= 0.3 is 0 Å². The van der Waals surface area contributed by atoms with Crippen LogP contribution >= 0.6 is 0 Å². The number of benzene rings is 1. The number of unbranched alkanes of at least 4 members (excludes halogenated alkanes) is 2. The Balaban J connectivity index is 1.74. The van der Waals surface area contributed by atoms with Crippen molar-refractivity contribution in [1.29, 1.82) is 0 Å². The summed E-state index contributed by atoms with van der Waals surface area (Å²) in [6, 6.07) is 8.78. The molecule has 0 unspecified atom stereocenters. The molecular weight excluding hydrogens is 222 g/mol. The molecule has 2 nitrogen and oxygen atoms in total. The van der Waals surface area contributed by atoms with Crippen LogP contribution in [0.4, 0.5) is 5.69 Å². The molecular formula is C16H25NO. The van der Waals surface area contributed by atoms with Crippen LogP contribution in [0.15, 0.2) is 24.3 Å². The van der Waals surface area contributed by atoms with Gasteiger partial charge < -0.3 is 9.64 Å². The zero-order valence-electron chi connectivity index (χ0n) is 11.5. The molecule has 0 radical (unpaired) electrons. The molecule has 0 atom stereocenters. The van der Waals surface area contributed by atoms with E-state index in [1.54, 1.807) is 0 Å². The van der Waals surface area contributed by atoms with Gasteiger partial charge in [0.05, 0.1) is 6.61 Å². The van der Waals surface area contributed by atoms with E-state index in [0.29, 0.717) is 0 Å². The highest BCUT2D eigenvalue weighted by Crippen LogP contribution is 2.26. The molecule has 0 fully saturated rings. The van der Waals surface area contributed by atoms with E-state index in [1.165, 1.54) is 49.9 Å². The second-order valence-electron chi connectivity index (χ2n) is 5.04. The maximum atomic E-state index is 5.71. The summed E-state index contributed by atoms with van der Waals surface area (Å²) >= 11 is 0. The molecule has 1 heterocycles. The minimum Gasteiger partial charge on any atom is -0.380 e. The van der Waals surface area contributed by atoms with Gasteiger partial charge in [0, 0.05) is 25.4 Å². The third-order valence-corrected chi connectivity index (χ3v) is 3.60. The van der Waals surface area contributed by atoms with Crippen LogP contribution in [0.25, 0.3) is 0 Å². The zero-order chi connectivity index (χ0) is 12.6. The fourth-order valence-corrected chi connectivity index (χ4v) is 2.57. The van der Waals surface area contributed by atoms with Crippen molar-refractivity contribution < 1.29 is 4.74 Å². The van der Waals surface area contributed by atoms with E-state index in [9.17, 15) is 0 Å². The highest BCUT2D eigenvalue weighted by atomic mass is 16.5. The van der Waals surface area contributed by atoms with Gasteiger partial charge in [-0.3, -0.25) is 0 Å². The normalized spacial score (nSPS) is 14.6. The molecule has 1 aliphatic heterocycles. The van der Waals surface area contributed by atoms with Crippen LogP contribution in [0.5, 0.6) is 0 Å². The fraction of sp³-hybridized carbons (Fsp3) is 0.625. The highest BCUT2D eigenvalue weighted by molar-refractivity contribution is 5.55. The Kier molecular flexibility index (Phi) is 5.53. The van der Waals surface area contributed by atoms with Crippen molar-refractivity contribution in [3.63, 3.8) is 0 Å². The Bertz CT molecular complexity index is 351. The molecule has 2 rings (SSSR count). The summed E-state index contributed by atoms with van der Waals surface area (Å²) in [5, 5.41) is 0. The SMILES string of the molecule is CCCCCOCCN1CCCc2ccccc21. The molecule has 0 bridgehead atoms. The van der Waals surface area contributed by atoms with Crippen molar-refractivity contribution in [2.75, 3.05) is 31.2 Å². The summed E-state index contributed by atoms with van der Waals surface area (Å²) in [7, 11) is 0. The third-order valence-electron chi connectivity index (χ3n) is 3.60. The van der Waals surface area contributed by atoms with Crippen molar-refractivity contribution in [3.05, 3.63) is 29.8 Å². The van der Waals surface area contributed by atoms with Crippen molar-refractivity contribution in [2.24, 2.45) is 0 Å². The Morgan fingerprint density at radius 2 is 2.06 bits per heavy atom. The van der Waals surface area contributed by atoms with Gasteiger partial charge in [-0.1, -0.05) is 38.0 Å². The predicted molar refractivity (Wildman–Crippen MR) is 77.3 cm³/mol. The van der Waals surface area contributed by atoms with E-state index >= 15 is 0 Å². The second-order valence-corrected chi connectivity index (χ2v) is 5.04. The standard InChI is InChI=1S/C16H25NO/c1-2-3-6-13-18-14-12-17-11-7-9-15-8-4-5-10-16(15)17/h4-5,8,10H,2-3,6-7,9,11-14H2,1H3. The van der Waals surface area contributed by atoms with E-state index in [0.717, 1.165) is 19.8 Å². The summed E-state index contributed by atoms with van der Waals surface area (Å²) in [6.45, 7) is 6.21. The monoisotopic (exact) mass is 247 g/mol. The number of para-hydroxylation sites is 1. The van der Waals surface area contributed by atoms with Crippen LogP contribution in [0.1, 0.15) is 38.2 Å². The molecule has 2 heteroatoms. The number of aryl methyl sites for hydroxylation is 1. The van der Waals surface area contributed by atoms with Gasteiger partial charge in [0.1, 0.15) is 0 Å². The van der Waals surface area contributed by atoms with Crippen LogP contribution in [0.2, 0.25) is 0 Å². The summed E-state index contributed by atoms with van der Waals surface area (Å²) in [5.74, 6) is 0. The third kappa shape index (κ3) is 3.74. The smallest absolute Gasteiger partial charge is 0.0641 e. The van der Waals surface area contributed by atoms with Crippen LogP contribution < -0.4 is 4.90 Å². The van der Waals surface area contributed by atoms with Gasteiger partial charge in [0.2, 0.25) is 0 Å². The Hall–Kier alpha value is -1.02. The fourth-order valence-electron chi connectivity index (χ4n) is 2.57. The van der Waals surface area contributed by atoms with Crippen LogP contribution in [-0.2, 0) is 11.2 Å². The van der Waals surface area contributed by atoms with Gasteiger partial charge in [-0.2, -0.15) is 0 Å². The maximum absolute atomic E-state index is 5.71. The lowest BCUT2D eigenvalue weighted by Gasteiger charge is -2.31. The average Bonchev–Trinajstić information content (AvgIpc) is 2.43. The van der Waals surface area contributed by atoms with E-state index in [4.69, 9.17) is 4.74 Å². The van der Waals surface area contributed by atoms with Gasteiger partial charge in [-0.25, -0.2) is 0 Å². The Labute approximate surface area is 111 Å². The molecule has 18 heavy (non-hydrogen) atoms. The van der Waals surface area contributed by atoms with E-state index in [-0.39, 0.29) is 0 Å².